The minimum Gasteiger partial charge on any atom is -0.393 e. The first kappa shape index (κ1) is 26.2. The van der Waals surface area contributed by atoms with Crippen molar-refractivity contribution < 1.29 is 19.4 Å². The maximum absolute atomic E-state index is 14.3. The van der Waals surface area contributed by atoms with Gasteiger partial charge in [0.2, 0.25) is 0 Å². The predicted octanol–water partition coefficient (Wildman–Crippen LogP) is 6.58. The number of anilines is 1. The number of rotatable bonds is 2. The molecule has 6 aliphatic rings. The van der Waals surface area contributed by atoms with Crippen LogP contribution in [0.25, 0.3) is 0 Å². The Morgan fingerprint density at radius 1 is 1.03 bits per heavy atom. The van der Waals surface area contributed by atoms with E-state index in [0.29, 0.717) is 29.6 Å². The van der Waals surface area contributed by atoms with Crippen molar-refractivity contribution in [3.63, 3.8) is 0 Å². The third-order valence-electron chi connectivity index (χ3n) is 12.8. The molecule has 1 amide bonds. The molecule has 4 aliphatic carbocycles. The molecule has 39 heavy (non-hydrogen) atoms. The van der Waals surface area contributed by atoms with Crippen LogP contribution in [-0.4, -0.2) is 35.6 Å². The van der Waals surface area contributed by atoms with Crippen molar-refractivity contribution in [2.75, 3.05) is 11.9 Å². The van der Waals surface area contributed by atoms with E-state index < -0.39 is 5.79 Å². The zero-order valence-electron chi connectivity index (χ0n) is 24.2. The molecule has 12 atom stereocenters. The topological polar surface area (TPSA) is 67.8 Å². The van der Waals surface area contributed by atoms with Gasteiger partial charge in [-0.1, -0.05) is 52.0 Å². The van der Waals surface area contributed by atoms with Gasteiger partial charge in [-0.25, -0.2) is 0 Å². The lowest BCUT2D eigenvalue weighted by atomic mass is 9.45. The number of aliphatic hydroxyl groups excluding tert-OH is 1. The van der Waals surface area contributed by atoms with Gasteiger partial charge in [0.1, 0.15) is 0 Å². The number of hydrogen-bond donors (Lipinski definition) is 2. The van der Waals surface area contributed by atoms with E-state index in [2.05, 4.69) is 39.1 Å². The van der Waals surface area contributed by atoms with Gasteiger partial charge >= 0.3 is 0 Å². The SMILES string of the molecule is C[C@@H]1CC[C@@]2(OC1)O[C@H]1C[C@H]3[C@@H]4CC[C@H]5C[C@@H](O)CC[C@]5(C)[C@H]4C=C(C(=O)Nc4ccccc4)[C@]3(C)[C@H]1[C@@H]2C. The highest BCUT2D eigenvalue weighted by Crippen LogP contribution is 2.71. The standard InChI is InChI=1S/C34H47NO4/c1-20-12-15-34(38-19-20)21(2)30-29(39-34)18-27-25-11-10-22-16-24(36)13-14-32(22,3)26(25)17-28(33(27,30)4)31(37)35-23-8-6-5-7-9-23/h5-9,17,20-22,24-27,29-30,36H,10-16,18-19H2,1-4H3,(H,35,37)/t20-,21+,22+,24+,25-,26+,27+,29+,30+,32+,33-,34-/m1/s1. The molecule has 2 heterocycles. The molecule has 2 aliphatic heterocycles. The van der Waals surface area contributed by atoms with Crippen molar-refractivity contribution in [1.82, 2.24) is 0 Å². The van der Waals surface area contributed by atoms with Gasteiger partial charge in [0.15, 0.2) is 5.79 Å². The van der Waals surface area contributed by atoms with Crippen molar-refractivity contribution in [2.24, 2.45) is 52.3 Å². The summed E-state index contributed by atoms with van der Waals surface area (Å²) in [5, 5.41) is 13.8. The number of amides is 1. The second-order valence-corrected chi connectivity index (χ2v) is 14.7. The Morgan fingerprint density at radius 3 is 2.56 bits per heavy atom. The first-order valence-electron chi connectivity index (χ1n) is 15.7. The number of nitrogens with one attached hydrogen (secondary N) is 1. The fourth-order valence-corrected chi connectivity index (χ4v) is 10.7. The lowest BCUT2D eigenvalue weighted by Crippen LogP contribution is -2.55. The largest absolute Gasteiger partial charge is 0.393 e. The van der Waals surface area contributed by atoms with Crippen LogP contribution in [0, 0.1) is 52.3 Å². The highest BCUT2D eigenvalue weighted by molar-refractivity contribution is 6.05. The molecule has 5 nitrogen and oxygen atoms in total. The summed E-state index contributed by atoms with van der Waals surface area (Å²) in [5.74, 6) is 2.51. The summed E-state index contributed by atoms with van der Waals surface area (Å²) in [6, 6.07) is 9.91. The minimum absolute atomic E-state index is 0.0562. The van der Waals surface area contributed by atoms with Crippen molar-refractivity contribution in [3.8, 4) is 0 Å². The van der Waals surface area contributed by atoms with Crippen molar-refractivity contribution in [3.05, 3.63) is 42.0 Å². The number of fused-ring (bicyclic) bond motifs is 7. The molecule has 5 heteroatoms. The van der Waals surface area contributed by atoms with Crippen LogP contribution in [0.4, 0.5) is 5.69 Å². The highest BCUT2D eigenvalue weighted by atomic mass is 16.7. The lowest BCUT2D eigenvalue weighted by Gasteiger charge is -2.60. The lowest BCUT2D eigenvalue weighted by molar-refractivity contribution is -0.272. The van der Waals surface area contributed by atoms with Crippen LogP contribution >= 0.6 is 0 Å². The van der Waals surface area contributed by atoms with Crippen LogP contribution in [0.15, 0.2) is 42.0 Å². The quantitative estimate of drug-likeness (QED) is 0.451. The normalized spacial score (nSPS) is 50.4. The molecular formula is C34H47NO4. The number of benzene rings is 1. The van der Waals surface area contributed by atoms with Gasteiger partial charge in [-0.05, 0) is 92.1 Å². The molecule has 0 bridgehead atoms. The molecule has 0 aromatic heterocycles. The van der Waals surface area contributed by atoms with E-state index in [1.165, 1.54) is 12.8 Å². The second kappa shape index (κ2) is 9.16. The molecule has 2 N–H and O–H groups in total. The Kier molecular flexibility index (Phi) is 6.16. The van der Waals surface area contributed by atoms with Crippen molar-refractivity contribution >= 4 is 11.6 Å². The maximum Gasteiger partial charge on any atom is 0.251 e. The zero-order valence-corrected chi connectivity index (χ0v) is 24.2. The average molecular weight is 534 g/mol. The number of aliphatic hydroxyl groups is 1. The monoisotopic (exact) mass is 533 g/mol. The van der Waals surface area contributed by atoms with Gasteiger partial charge in [0, 0.05) is 34.9 Å². The fraction of sp³-hybridized carbons (Fsp3) is 0.735. The van der Waals surface area contributed by atoms with Gasteiger partial charge < -0.3 is 19.9 Å². The van der Waals surface area contributed by atoms with Crippen LogP contribution < -0.4 is 5.32 Å². The Hall–Kier alpha value is -1.69. The molecule has 1 spiro atoms. The molecule has 7 rings (SSSR count). The maximum atomic E-state index is 14.3. The molecule has 212 valence electrons. The van der Waals surface area contributed by atoms with Gasteiger partial charge in [-0.15, -0.1) is 0 Å². The van der Waals surface area contributed by atoms with Crippen LogP contribution in [0.3, 0.4) is 0 Å². The van der Waals surface area contributed by atoms with Gasteiger partial charge in [0.25, 0.3) is 5.91 Å². The van der Waals surface area contributed by atoms with Gasteiger partial charge in [0.05, 0.1) is 18.8 Å². The van der Waals surface area contributed by atoms with E-state index in [0.717, 1.165) is 56.4 Å². The van der Waals surface area contributed by atoms with Crippen LogP contribution in [0.5, 0.6) is 0 Å². The number of carbonyl (C=O) groups is 1. The predicted molar refractivity (Wildman–Crippen MR) is 152 cm³/mol. The van der Waals surface area contributed by atoms with Crippen LogP contribution in [0.1, 0.15) is 79.1 Å². The average Bonchev–Trinajstić information content (AvgIpc) is 3.36. The van der Waals surface area contributed by atoms with E-state index in [1.54, 1.807) is 0 Å². The molecule has 1 aromatic rings. The minimum atomic E-state index is -0.503. The summed E-state index contributed by atoms with van der Waals surface area (Å²) in [4.78, 5) is 14.3. The summed E-state index contributed by atoms with van der Waals surface area (Å²) in [6.07, 6.45) is 10.7. The number of carbonyl (C=O) groups excluding carboxylic acids is 1. The summed E-state index contributed by atoms with van der Waals surface area (Å²) in [7, 11) is 0. The smallest absolute Gasteiger partial charge is 0.251 e. The first-order chi connectivity index (χ1) is 18.7. The Morgan fingerprint density at radius 2 is 1.82 bits per heavy atom. The van der Waals surface area contributed by atoms with Crippen LogP contribution in [-0.2, 0) is 14.3 Å². The van der Waals surface area contributed by atoms with E-state index in [4.69, 9.17) is 9.47 Å². The first-order valence-corrected chi connectivity index (χ1v) is 15.7. The Balaban J connectivity index is 1.30. The fourth-order valence-electron chi connectivity index (χ4n) is 10.7. The van der Waals surface area contributed by atoms with Gasteiger partial charge in [-0.3, -0.25) is 4.79 Å². The zero-order chi connectivity index (χ0) is 27.2. The third kappa shape index (κ3) is 3.78. The van der Waals surface area contributed by atoms with Gasteiger partial charge in [-0.2, -0.15) is 0 Å². The molecule has 5 fully saturated rings. The molecule has 0 unspecified atom stereocenters. The highest BCUT2D eigenvalue weighted by Gasteiger charge is 2.70. The number of allylic oxidation sites excluding steroid dienone is 1. The summed E-state index contributed by atoms with van der Waals surface area (Å²) >= 11 is 0. The Labute approximate surface area is 234 Å². The molecular weight excluding hydrogens is 486 g/mol. The summed E-state index contributed by atoms with van der Waals surface area (Å²) in [6.45, 7) is 10.2. The second-order valence-electron chi connectivity index (χ2n) is 14.7. The third-order valence-corrected chi connectivity index (χ3v) is 12.8. The number of hydrogen-bond acceptors (Lipinski definition) is 4. The summed E-state index contributed by atoms with van der Waals surface area (Å²) < 4.78 is 13.5. The van der Waals surface area contributed by atoms with Crippen molar-refractivity contribution in [1.29, 1.82) is 0 Å². The van der Waals surface area contributed by atoms with E-state index >= 15 is 0 Å². The van der Waals surface area contributed by atoms with Crippen molar-refractivity contribution in [2.45, 2.75) is 97.1 Å². The van der Waals surface area contributed by atoms with E-state index in [-0.39, 0.29) is 40.8 Å². The van der Waals surface area contributed by atoms with E-state index in [1.807, 2.05) is 30.3 Å². The van der Waals surface area contributed by atoms with E-state index in [9.17, 15) is 9.90 Å². The molecule has 0 radical (unpaired) electrons. The molecule has 3 saturated carbocycles. The van der Waals surface area contributed by atoms with Crippen LogP contribution in [0.2, 0.25) is 0 Å². The number of ether oxygens (including phenoxy) is 2. The Bertz CT molecular complexity index is 1140. The number of para-hydroxylation sites is 1. The molecule has 1 aromatic carbocycles. The molecule has 2 saturated heterocycles. The summed E-state index contributed by atoms with van der Waals surface area (Å²) in [5.41, 5.74) is 1.72.